The topological polar surface area (TPSA) is 120 Å². The summed E-state index contributed by atoms with van der Waals surface area (Å²) in [6.07, 6.45) is 0. The van der Waals surface area contributed by atoms with E-state index in [1.165, 1.54) is 26.4 Å². The molecule has 0 unspecified atom stereocenters. The van der Waals surface area contributed by atoms with E-state index >= 15 is 0 Å². The summed E-state index contributed by atoms with van der Waals surface area (Å²) in [7, 11) is -0.753. The summed E-state index contributed by atoms with van der Waals surface area (Å²) in [6, 6.07) is 8.01. The number of aromatic nitrogens is 4. The Bertz CT molecular complexity index is 1160. The van der Waals surface area contributed by atoms with E-state index in [2.05, 4.69) is 25.3 Å². The minimum atomic E-state index is -3.69. The van der Waals surface area contributed by atoms with Crippen molar-refractivity contribution in [3.8, 4) is 17.3 Å². The second-order valence-corrected chi connectivity index (χ2v) is 8.59. The van der Waals surface area contributed by atoms with E-state index in [9.17, 15) is 8.42 Å². The number of sulfonamides is 1. The number of hydrogen-bond donors (Lipinski definition) is 2. The van der Waals surface area contributed by atoms with Gasteiger partial charge in [0.05, 0.1) is 24.8 Å². The van der Waals surface area contributed by atoms with Crippen LogP contribution in [-0.4, -0.2) is 55.7 Å². The maximum absolute atomic E-state index is 12.5. The largest absolute Gasteiger partial charge is 0.493 e. The molecule has 11 heteroatoms. The van der Waals surface area contributed by atoms with Crippen molar-refractivity contribution in [3.05, 3.63) is 47.3 Å². The third kappa shape index (κ3) is 4.94. The lowest BCUT2D eigenvalue weighted by Gasteiger charge is -2.11. The molecule has 0 spiro atoms. The Morgan fingerprint density at radius 3 is 2.29 bits per heavy atom. The van der Waals surface area contributed by atoms with E-state index in [1.807, 2.05) is 26.8 Å². The molecule has 1 aromatic carbocycles. The van der Waals surface area contributed by atoms with E-state index in [4.69, 9.17) is 9.47 Å². The summed E-state index contributed by atoms with van der Waals surface area (Å²) in [5, 5.41) is 15.8. The van der Waals surface area contributed by atoms with Gasteiger partial charge >= 0.3 is 0 Å². The molecule has 2 heterocycles. The molecule has 2 N–H and O–H groups in total. The third-order valence-electron chi connectivity index (χ3n) is 4.91. The zero-order valence-corrected chi connectivity index (χ0v) is 18.9. The second-order valence-electron chi connectivity index (χ2n) is 6.83. The van der Waals surface area contributed by atoms with E-state index in [0.717, 1.165) is 17.0 Å². The molecule has 166 valence electrons. The quantitative estimate of drug-likeness (QED) is 0.479. The first-order valence-corrected chi connectivity index (χ1v) is 11.1. The summed E-state index contributed by atoms with van der Waals surface area (Å²) >= 11 is 0. The number of rotatable bonds is 9. The molecule has 0 amide bonds. The summed E-state index contributed by atoms with van der Waals surface area (Å²) in [6.45, 7) is 6.44. The summed E-state index contributed by atoms with van der Waals surface area (Å²) in [5.41, 5.74) is 3.08. The lowest BCUT2D eigenvalue weighted by Crippen LogP contribution is -2.29. The number of ether oxygens (including phenoxy) is 2. The normalized spacial score (nSPS) is 11.4. The van der Waals surface area contributed by atoms with Crippen LogP contribution in [0.5, 0.6) is 11.5 Å². The summed E-state index contributed by atoms with van der Waals surface area (Å²) < 4.78 is 39.6. The number of aryl methyl sites for hydroxylation is 1. The van der Waals surface area contributed by atoms with Crippen molar-refractivity contribution in [2.24, 2.45) is 0 Å². The van der Waals surface area contributed by atoms with Gasteiger partial charge < -0.3 is 14.8 Å². The van der Waals surface area contributed by atoms with E-state index < -0.39 is 10.0 Å². The van der Waals surface area contributed by atoms with Crippen molar-refractivity contribution < 1.29 is 17.9 Å². The summed E-state index contributed by atoms with van der Waals surface area (Å²) in [4.78, 5) is 0.0921. The minimum absolute atomic E-state index is 0.0921. The van der Waals surface area contributed by atoms with Crippen molar-refractivity contribution >= 4 is 15.8 Å². The van der Waals surface area contributed by atoms with E-state index in [1.54, 1.807) is 16.8 Å². The van der Waals surface area contributed by atoms with Gasteiger partial charge in [0.15, 0.2) is 17.3 Å². The molecule has 0 radical (unpaired) electrons. The van der Waals surface area contributed by atoms with E-state index in [0.29, 0.717) is 29.7 Å². The smallest absolute Gasteiger partial charge is 0.240 e. The molecular formula is C20H26N6O4S. The molecule has 3 aromatic rings. The molecule has 31 heavy (non-hydrogen) atoms. The Hall–Kier alpha value is -3.18. The Balaban J connectivity index is 1.57. The number of anilines is 1. The number of nitrogens with zero attached hydrogens (tertiary/aromatic N) is 4. The molecule has 0 saturated carbocycles. The van der Waals surface area contributed by atoms with Gasteiger partial charge in [0.25, 0.3) is 0 Å². The number of nitrogens with one attached hydrogen (secondary N) is 2. The van der Waals surface area contributed by atoms with Crippen LogP contribution in [0.4, 0.5) is 5.82 Å². The first-order chi connectivity index (χ1) is 14.8. The average Bonchev–Trinajstić information content (AvgIpc) is 3.03. The van der Waals surface area contributed by atoms with Gasteiger partial charge in [-0.15, -0.1) is 10.2 Å². The van der Waals surface area contributed by atoms with Crippen LogP contribution < -0.4 is 19.5 Å². The highest BCUT2D eigenvalue weighted by atomic mass is 32.2. The van der Waals surface area contributed by atoms with E-state index in [-0.39, 0.29) is 11.4 Å². The monoisotopic (exact) mass is 446 g/mol. The van der Waals surface area contributed by atoms with Crippen LogP contribution in [0.1, 0.15) is 17.0 Å². The minimum Gasteiger partial charge on any atom is -0.493 e. The molecule has 0 bridgehead atoms. The van der Waals surface area contributed by atoms with Crippen molar-refractivity contribution in [1.29, 1.82) is 0 Å². The zero-order valence-electron chi connectivity index (χ0n) is 18.1. The molecule has 0 fully saturated rings. The van der Waals surface area contributed by atoms with Crippen LogP contribution in [0.25, 0.3) is 5.82 Å². The second kappa shape index (κ2) is 9.31. The SMILES string of the molecule is COc1ccc(S(=O)(=O)NCCNc2ccc(-n3nc(C)c(C)c3C)nn2)cc1OC. The van der Waals surface area contributed by atoms with Gasteiger partial charge in [0, 0.05) is 24.8 Å². The van der Waals surface area contributed by atoms with Crippen molar-refractivity contribution in [2.45, 2.75) is 25.7 Å². The molecule has 10 nitrogen and oxygen atoms in total. The Morgan fingerprint density at radius 2 is 1.71 bits per heavy atom. The van der Waals surface area contributed by atoms with Crippen molar-refractivity contribution in [1.82, 2.24) is 24.7 Å². The standard InChI is InChI=1S/C20H26N6O4S/c1-13-14(2)25-26(15(13)3)20-9-8-19(23-24-20)21-10-11-22-31(27,28)16-6-7-17(29-4)18(12-16)30-5/h6-9,12,22H,10-11H2,1-5H3,(H,21,23). The van der Waals surface area contributed by atoms with Crippen LogP contribution in [0.2, 0.25) is 0 Å². The van der Waals surface area contributed by atoms with Gasteiger partial charge in [-0.1, -0.05) is 0 Å². The lowest BCUT2D eigenvalue weighted by molar-refractivity contribution is 0.354. The van der Waals surface area contributed by atoms with Gasteiger partial charge in [-0.25, -0.2) is 17.8 Å². The van der Waals surface area contributed by atoms with Crippen LogP contribution >= 0.6 is 0 Å². The maximum Gasteiger partial charge on any atom is 0.240 e. The Morgan fingerprint density at radius 1 is 0.968 bits per heavy atom. The molecule has 0 aliphatic heterocycles. The van der Waals surface area contributed by atoms with Crippen molar-refractivity contribution in [3.63, 3.8) is 0 Å². The summed E-state index contributed by atoms with van der Waals surface area (Å²) in [5.74, 6) is 1.96. The van der Waals surface area contributed by atoms with Crippen molar-refractivity contribution in [2.75, 3.05) is 32.6 Å². The first-order valence-electron chi connectivity index (χ1n) is 9.59. The van der Waals surface area contributed by atoms with Crippen LogP contribution in [0, 0.1) is 20.8 Å². The Kier molecular flexibility index (Phi) is 6.76. The van der Waals surface area contributed by atoms with Crippen LogP contribution in [0.15, 0.2) is 35.2 Å². The van der Waals surface area contributed by atoms with Gasteiger partial charge in [-0.3, -0.25) is 0 Å². The average molecular weight is 447 g/mol. The first kappa shape index (κ1) is 22.5. The fourth-order valence-corrected chi connectivity index (χ4v) is 3.97. The molecule has 0 saturated heterocycles. The molecule has 0 aliphatic carbocycles. The highest BCUT2D eigenvalue weighted by Crippen LogP contribution is 2.29. The third-order valence-corrected chi connectivity index (χ3v) is 6.37. The molecule has 2 aromatic heterocycles. The zero-order chi connectivity index (χ0) is 22.6. The molecule has 3 rings (SSSR count). The highest BCUT2D eigenvalue weighted by molar-refractivity contribution is 7.89. The number of hydrogen-bond acceptors (Lipinski definition) is 8. The van der Waals surface area contributed by atoms with Crippen LogP contribution in [-0.2, 0) is 10.0 Å². The highest BCUT2D eigenvalue weighted by Gasteiger charge is 2.16. The molecule has 0 atom stereocenters. The number of benzene rings is 1. The fraction of sp³-hybridized carbons (Fsp3) is 0.350. The fourth-order valence-electron chi connectivity index (χ4n) is 2.92. The van der Waals surface area contributed by atoms with Gasteiger partial charge in [-0.05, 0) is 50.6 Å². The number of methoxy groups -OCH3 is 2. The Labute approximate surface area is 181 Å². The van der Waals surface area contributed by atoms with Gasteiger partial charge in [0.2, 0.25) is 10.0 Å². The predicted molar refractivity (Wildman–Crippen MR) is 117 cm³/mol. The molecule has 0 aliphatic rings. The maximum atomic E-state index is 12.5. The molecular weight excluding hydrogens is 420 g/mol. The predicted octanol–water partition coefficient (Wildman–Crippen LogP) is 2.00. The van der Waals surface area contributed by atoms with Gasteiger partial charge in [0.1, 0.15) is 5.82 Å². The lowest BCUT2D eigenvalue weighted by atomic mass is 10.2. The van der Waals surface area contributed by atoms with Gasteiger partial charge in [-0.2, -0.15) is 5.10 Å². The van der Waals surface area contributed by atoms with Crippen LogP contribution in [0.3, 0.4) is 0 Å².